The van der Waals surface area contributed by atoms with Crippen molar-refractivity contribution in [3.63, 3.8) is 0 Å². The second-order valence-corrected chi connectivity index (χ2v) is 7.75. The predicted octanol–water partition coefficient (Wildman–Crippen LogP) is 6.35. The summed E-state index contributed by atoms with van der Waals surface area (Å²) in [5.74, 6) is -0.153. The highest BCUT2D eigenvalue weighted by atomic mass is 32.1. The zero-order valence-corrected chi connectivity index (χ0v) is 16.6. The Kier molecular flexibility index (Phi) is 5.04. The minimum absolute atomic E-state index is 0.153. The number of thiazole rings is 1. The predicted molar refractivity (Wildman–Crippen MR) is 117 cm³/mol. The number of amides is 1. The largest absolute Gasteiger partial charge is 0.298 e. The van der Waals surface area contributed by atoms with Crippen LogP contribution in [0.5, 0.6) is 0 Å². The molecule has 1 aromatic heterocycles. The zero-order chi connectivity index (χ0) is 19.5. The van der Waals surface area contributed by atoms with Crippen molar-refractivity contribution in [1.29, 1.82) is 0 Å². The van der Waals surface area contributed by atoms with Crippen LogP contribution in [0.4, 0.5) is 5.13 Å². The van der Waals surface area contributed by atoms with Gasteiger partial charge in [0.05, 0.1) is 10.6 Å². The lowest BCUT2D eigenvalue weighted by Gasteiger charge is -2.04. The molecule has 0 fully saturated rings. The quantitative estimate of drug-likeness (QED) is 0.446. The first-order chi connectivity index (χ1) is 13.6. The molecule has 28 heavy (non-hydrogen) atoms. The molecular formula is C24H20N2OS. The molecule has 4 aromatic rings. The van der Waals surface area contributed by atoms with Crippen LogP contribution in [0.15, 0.2) is 78.9 Å². The number of nitrogens with one attached hydrogen (secondary N) is 1. The monoisotopic (exact) mass is 384 g/mol. The van der Waals surface area contributed by atoms with Gasteiger partial charge in [-0.25, -0.2) is 4.98 Å². The summed E-state index contributed by atoms with van der Waals surface area (Å²) in [6.45, 7) is 4.14. The number of benzene rings is 3. The molecule has 0 aliphatic heterocycles. The molecule has 0 atom stereocenters. The van der Waals surface area contributed by atoms with Crippen molar-refractivity contribution >= 4 is 22.4 Å². The summed E-state index contributed by atoms with van der Waals surface area (Å²) >= 11 is 1.50. The van der Waals surface area contributed by atoms with Gasteiger partial charge in [0.25, 0.3) is 5.91 Å². The molecule has 3 aromatic carbocycles. The molecule has 0 unspecified atom stereocenters. The number of nitrogens with zero attached hydrogens (tertiary/aromatic N) is 1. The molecule has 0 radical (unpaired) electrons. The van der Waals surface area contributed by atoms with Gasteiger partial charge in [0.1, 0.15) is 0 Å². The van der Waals surface area contributed by atoms with E-state index in [0.29, 0.717) is 10.7 Å². The Morgan fingerprint density at radius 3 is 1.96 bits per heavy atom. The van der Waals surface area contributed by atoms with E-state index in [0.717, 1.165) is 21.7 Å². The lowest BCUT2D eigenvalue weighted by molar-refractivity contribution is 0.102. The van der Waals surface area contributed by atoms with E-state index < -0.39 is 0 Å². The standard InChI is InChI=1S/C24H20N2OS/c1-16-8-12-18(13-9-16)21-22(19-14-10-17(2)11-15-19)28-24(25-21)26-23(27)20-6-4-3-5-7-20/h3-15H,1-2H3,(H,25,26,27). The Morgan fingerprint density at radius 1 is 0.786 bits per heavy atom. The van der Waals surface area contributed by atoms with E-state index in [4.69, 9.17) is 4.98 Å². The fraction of sp³-hybridized carbons (Fsp3) is 0.0833. The van der Waals surface area contributed by atoms with Crippen LogP contribution >= 0.6 is 11.3 Å². The minimum atomic E-state index is -0.153. The van der Waals surface area contributed by atoms with E-state index in [2.05, 4.69) is 67.7 Å². The highest BCUT2D eigenvalue weighted by molar-refractivity contribution is 7.19. The SMILES string of the molecule is Cc1ccc(-c2nc(NC(=O)c3ccccc3)sc2-c2ccc(C)cc2)cc1. The van der Waals surface area contributed by atoms with Crippen LogP contribution in [-0.4, -0.2) is 10.9 Å². The molecular weight excluding hydrogens is 364 g/mol. The van der Waals surface area contributed by atoms with Crippen LogP contribution < -0.4 is 5.32 Å². The molecule has 0 bridgehead atoms. The summed E-state index contributed by atoms with van der Waals surface area (Å²) in [7, 11) is 0. The average molecular weight is 385 g/mol. The van der Waals surface area contributed by atoms with Crippen LogP contribution in [-0.2, 0) is 0 Å². The van der Waals surface area contributed by atoms with Crippen LogP contribution in [0.2, 0.25) is 0 Å². The molecule has 0 saturated carbocycles. The number of rotatable bonds is 4. The number of aromatic nitrogens is 1. The molecule has 3 nitrogen and oxygen atoms in total. The Bertz CT molecular complexity index is 1030. The van der Waals surface area contributed by atoms with Gasteiger partial charge in [-0.2, -0.15) is 0 Å². The van der Waals surface area contributed by atoms with Crippen LogP contribution in [0.25, 0.3) is 21.7 Å². The maximum Gasteiger partial charge on any atom is 0.257 e. The number of anilines is 1. The van der Waals surface area contributed by atoms with Crippen molar-refractivity contribution in [3.05, 3.63) is 95.6 Å². The van der Waals surface area contributed by atoms with Crippen molar-refractivity contribution in [2.75, 3.05) is 5.32 Å². The molecule has 1 amide bonds. The summed E-state index contributed by atoms with van der Waals surface area (Å²) in [5, 5.41) is 3.55. The molecule has 0 aliphatic carbocycles. The van der Waals surface area contributed by atoms with Gasteiger partial charge in [0.15, 0.2) is 5.13 Å². The first-order valence-corrected chi connectivity index (χ1v) is 9.93. The van der Waals surface area contributed by atoms with E-state index in [1.165, 1.54) is 22.5 Å². The first-order valence-electron chi connectivity index (χ1n) is 9.11. The maximum absolute atomic E-state index is 12.6. The Labute approximate surface area is 168 Å². The van der Waals surface area contributed by atoms with Crippen molar-refractivity contribution in [3.8, 4) is 21.7 Å². The molecule has 0 saturated heterocycles. The van der Waals surface area contributed by atoms with Crippen molar-refractivity contribution in [1.82, 2.24) is 4.98 Å². The fourth-order valence-corrected chi connectivity index (χ4v) is 3.93. The number of aryl methyl sites for hydroxylation is 2. The third kappa shape index (κ3) is 3.87. The summed E-state index contributed by atoms with van der Waals surface area (Å²) in [5.41, 5.74) is 6.05. The zero-order valence-electron chi connectivity index (χ0n) is 15.8. The van der Waals surface area contributed by atoms with Gasteiger partial charge in [-0.3, -0.25) is 10.1 Å². The molecule has 1 heterocycles. The summed E-state index contributed by atoms with van der Waals surface area (Å²) in [6, 6.07) is 25.9. The topological polar surface area (TPSA) is 42.0 Å². The van der Waals surface area contributed by atoms with E-state index in [1.807, 2.05) is 18.2 Å². The average Bonchev–Trinajstić information content (AvgIpc) is 3.13. The highest BCUT2D eigenvalue weighted by Gasteiger charge is 2.17. The third-order valence-corrected chi connectivity index (χ3v) is 5.54. The molecule has 1 N–H and O–H groups in total. The second-order valence-electron chi connectivity index (χ2n) is 6.75. The first kappa shape index (κ1) is 18.1. The number of hydrogen-bond acceptors (Lipinski definition) is 3. The Hall–Kier alpha value is -3.24. The Morgan fingerprint density at radius 2 is 1.36 bits per heavy atom. The van der Waals surface area contributed by atoms with Gasteiger partial charge < -0.3 is 0 Å². The molecule has 0 spiro atoms. The van der Waals surface area contributed by atoms with Gasteiger partial charge in [-0.05, 0) is 31.5 Å². The number of hydrogen-bond donors (Lipinski definition) is 1. The van der Waals surface area contributed by atoms with Crippen LogP contribution in [0.1, 0.15) is 21.5 Å². The van der Waals surface area contributed by atoms with Gasteiger partial charge >= 0.3 is 0 Å². The molecule has 0 aliphatic rings. The Balaban J connectivity index is 1.74. The summed E-state index contributed by atoms with van der Waals surface area (Å²) < 4.78 is 0. The number of carbonyl (C=O) groups is 1. The maximum atomic E-state index is 12.6. The lowest BCUT2D eigenvalue weighted by atomic mass is 10.0. The summed E-state index contributed by atoms with van der Waals surface area (Å²) in [6.07, 6.45) is 0. The fourth-order valence-electron chi connectivity index (χ4n) is 2.94. The third-order valence-electron chi connectivity index (χ3n) is 4.52. The lowest BCUT2D eigenvalue weighted by Crippen LogP contribution is -2.11. The van der Waals surface area contributed by atoms with E-state index >= 15 is 0 Å². The van der Waals surface area contributed by atoms with Crippen molar-refractivity contribution < 1.29 is 4.79 Å². The van der Waals surface area contributed by atoms with E-state index in [9.17, 15) is 4.79 Å². The molecule has 138 valence electrons. The van der Waals surface area contributed by atoms with Gasteiger partial charge in [0, 0.05) is 11.1 Å². The van der Waals surface area contributed by atoms with Gasteiger partial charge in [-0.1, -0.05) is 89.2 Å². The normalized spacial score (nSPS) is 10.6. The van der Waals surface area contributed by atoms with E-state index in [1.54, 1.807) is 12.1 Å². The summed E-state index contributed by atoms with van der Waals surface area (Å²) in [4.78, 5) is 18.4. The van der Waals surface area contributed by atoms with Crippen molar-refractivity contribution in [2.24, 2.45) is 0 Å². The minimum Gasteiger partial charge on any atom is -0.298 e. The smallest absolute Gasteiger partial charge is 0.257 e. The van der Waals surface area contributed by atoms with E-state index in [-0.39, 0.29) is 5.91 Å². The highest BCUT2D eigenvalue weighted by Crippen LogP contribution is 2.39. The second kappa shape index (κ2) is 7.79. The van der Waals surface area contributed by atoms with Crippen molar-refractivity contribution in [2.45, 2.75) is 13.8 Å². The van der Waals surface area contributed by atoms with Gasteiger partial charge in [0.2, 0.25) is 0 Å². The molecule has 4 rings (SSSR count). The number of carbonyl (C=O) groups excluding carboxylic acids is 1. The van der Waals surface area contributed by atoms with Crippen LogP contribution in [0, 0.1) is 13.8 Å². The van der Waals surface area contributed by atoms with Gasteiger partial charge in [-0.15, -0.1) is 0 Å². The molecule has 4 heteroatoms. The van der Waals surface area contributed by atoms with Crippen LogP contribution in [0.3, 0.4) is 0 Å².